The maximum Gasteiger partial charge on any atom is 0.239 e. The third-order valence-electron chi connectivity index (χ3n) is 3.65. The minimum atomic E-state index is -0.375. The number of likely N-dealkylation sites (N-methyl/N-ethyl adjacent to an activating group) is 1. The zero-order valence-corrected chi connectivity index (χ0v) is 10.4. The van der Waals surface area contributed by atoms with Crippen molar-refractivity contribution in [3.63, 3.8) is 0 Å². The van der Waals surface area contributed by atoms with Gasteiger partial charge in [0.1, 0.15) is 0 Å². The van der Waals surface area contributed by atoms with E-state index in [1.165, 1.54) is 0 Å². The standard InChI is InChI=1S/C12H22N2O3/c1-14(8-9-2-4-17-5-3-9)12(16)11-6-10(15)7-13-11/h9-11,13,15H,2-8H2,1H3. The lowest BCUT2D eigenvalue weighted by Gasteiger charge is -2.28. The average molecular weight is 242 g/mol. The Bertz CT molecular complexity index is 266. The molecule has 0 aromatic heterocycles. The normalized spacial score (nSPS) is 30.5. The Morgan fingerprint density at radius 1 is 1.47 bits per heavy atom. The van der Waals surface area contributed by atoms with E-state index in [2.05, 4.69) is 5.32 Å². The lowest BCUT2D eigenvalue weighted by atomic mass is 9.99. The van der Waals surface area contributed by atoms with Gasteiger partial charge in [0, 0.05) is 33.4 Å². The summed E-state index contributed by atoms with van der Waals surface area (Å²) >= 11 is 0. The summed E-state index contributed by atoms with van der Waals surface area (Å²) < 4.78 is 5.31. The highest BCUT2D eigenvalue weighted by molar-refractivity contribution is 5.82. The Kier molecular flexibility index (Phi) is 4.36. The molecule has 2 aliphatic rings. The van der Waals surface area contributed by atoms with Crippen LogP contribution in [-0.2, 0) is 9.53 Å². The average Bonchev–Trinajstić information content (AvgIpc) is 2.76. The molecule has 0 aromatic rings. The van der Waals surface area contributed by atoms with Crippen LogP contribution >= 0.6 is 0 Å². The summed E-state index contributed by atoms with van der Waals surface area (Å²) in [6, 6.07) is -0.199. The fourth-order valence-corrected chi connectivity index (χ4v) is 2.58. The quantitative estimate of drug-likeness (QED) is 0.706. The number of nitrogens with one attached hydrogen (secondary N) is 1. The molecular formula is C12H22N2O3. The fraction of sp³-hybridized carbons (Fsp3) is 0.917. The SMILES string of the molecule is CN(CC1CCOCC1)C(=O)C1CC(O)CN1. The van der Waals surface area contributed by atoms with Crippen molar-refractivity contribution in [2.75, 3.05) is 33.4 Å². The topological polar surface area (TPSA) is 61.8 Å². The molecule has 2 saturated heterocycles. The van der Waals surface area contributed by atoms with E-state index >= 15 is 0 Å². The van der Waals surface area contributed by atoms with Crippen LogP contribution in [0.15, 0.2) is 0 Å². The molecule has 2 unspecified atom stereocenters. The van der Waals surface area contributed by atoms with Gasteiger partial charge >= 0.3 is 0 Å². The van der Waals surface area contributed by atoms with Gasteiger partial charge in [0.05, 0.1) is 12.1 Å². The Balaban J connectivity index is 1.78. The highest BCUT2D eigenvalue weighted by Crippen LogP contribution is 2.17. The molecular weight excluding hydrogens is 220 g/mol. The summed E-state index contributed by atoms with van der Waals surface area (Å²) in [5, 5.41) is 12.5. The third-order valence-corrected chi connectivity index (χ3v) is 3.65. The lowest BCUT2D eigenvalue weighted by Crippen LogP contribution is -2.44. The number of hydrogen-bond donors (Lipinski definition) is 2. The molecule has 2 N–H and O–H groups in total. The summed E-state index contributed by atoms with van der Waals surface area (Å²) in [4.78, 5) is 13.9. The molecule has 2 aliphatic heterocycles. The molecule has 2 heterocycles. The van der Waals surface area contributed by atoms with Gasteiger partial charge in [0.2, 0.25) is 5.91 Å². The molecule has 2 fully saturated rings. The number of carbonyl (C=O) groups excluding carboxylic acids is 1. The molecule has 5 nitrogen and oxygen atoms in total. The van der Waals surface area contributed by atoms with Gasteiger partial charge < -0.3 is 20.1 Å². The minimum Gasteiger partial charge on any atom is -0.392 e. The lowest BCUT2D eigenvalue weighted by molar-refractivity contribution is -0.132. The molecule has 2 rings (SSSR count). The fourth-order valence-electron chi connectivity index (χ4n) is 2.58. The van der Waals surface area contributed by atoms with Crippen molar-refractivity contribution in [3.8, 4) is 0 Å². The molecule has 1 amide bonds. The number of nitrogens with zero attached hydrogens (tertiary/aromatic N) is 1. The van der Waals surface area contributed by atoms with Gasteiger partial charge in [-0.3, -0.25) is 4.79 Å². The van der Waals surface area contributed by atoms with Gasteiger partial charge in [-0.15, -0.1) is 0 Å². The zero-order valence-electron chi connectivity index (χ0n) is 10.4. The molecule has 0 radical (unpaired) electrons. The van der Waals surface area contributed by atoms with E-state index in [1.807, 2.05) is 7.05 Å². The van der Waals surface area contributed by atoms with Gasteiger partial charge in [-0.25, -0.2) is 0 Å². The van der Waals surface area contributed by atoms with Crippen LogP contribution in [0.3, 0.4) is 0 Å². The Morgan fingerprint density at radius 3 is 2.76 bits per heavy atom. The molecule has 0 saturated carbocycles. The van der Waals surface area contributed by atoms with E-state index in [-0.39, 0.29) is 18.1 Å². The first-order valence-electron chi connectivity index (χ1n) is 6.41. The van der Waals surface area contributed by atoms with Gasteiger partial charge in [-0.05, 0) is 25.2 Å². The van der Waals surface area contributed by atoms with Gasteiger partial charge in [0.25, 0.3) is 0 Å². The summed E-state index contributed by atoms with van der Waals surface area (Å²) in [5.74, 6) is 0.664. The number of amides is 1. The van der Waals surface area contributed by atoms with Crippen molar-refractivity contribution in [2.24, 2.45) is 5.92 Å². The largest absolute Gasteiger partial charge is 0.392 e. The van der Waals surface area contributed by atoms with E-state index in [0.29, 0.717) is 18.9 Å². The van der Waals surface area contributed by atoms with Gasteiger partial charge in [-0.1, -0.05) is 0 Å². The number of aliphatic hydroxyl groups is 1. The second-order valence-corrected chi connectivity index (χ2v) is 5.12. The molecule has 0 bridgehead atoms. The molecule has 5 heteroatoms. The zero-order chi connectivity index (χ0) is 12.3. The van der Waals surface area contributed by atoms with Crippen molar-refractivity contribution in [1.29, 1.82) is 0 Å². The number of hydrogen-bond acceptors (Lipinski definition) is 4. The number of carbonyl (C=O) groups is 1. The smallest absolute Gasteiger partial charge is 0.239 e. The highest BCUT2D eigenvalue weighted by atomic mass is 16.5. The van der Waals surface area contributed by atoms with E-state index in [9.17, 15) is 9.90 Å². The van der Waals surface area contributed by atoms with Crippen LogP contribution in [0.1, 0.15) is 19.3 Å². The maximum atomic E-state index is 12.1. The number of aliphatic hydroxyl groups excluding tert-OH is 1. The van der Waals surface area contributed by atoms with Crippen LogP contribution in [0.4, 0.5) is 0 Å². The molecule has 0 spiro atoms. The van der Waals surface area contributed by atoms with Crippen LogP contribution in [0.25, 0.3) is 0 Å². The van der Waals surface area contributed by atoms with Crippen LogP contribution in [0, 0.1) is 5.92 Å². The van der Waals surface area contributed by atoms with Crippen LogP contribution in [-0.4, -0.2) is 61.4 Å². The first kappa shape index (κ1) is 12.8. The summed E-state index contributed by atoms with van der Waals surface area (Å²) in [5.41, 5.74) is 0. The van der Waals surface area contributed by atoms with Crippen molar-refractivity contribution >= 4 is 5.91 Å². The predicted octanol–water partition coefficient (Wildman–Crippen LogP) is -0.406. The first-order chi connectivity index (χ1) is 8.16. The molecule has 2 atom stereocenters. The predicted molar refractivity (Wildman–Crippen MR) is 63.6 cm³/mol. The van der Waals surface area contributed by atoms with Crippen molar-refractivity contribution in [2.45, 2.75) is 31.4 Å². The summed E-state index contributed by atoms with van der Waals surface area (Å²) in [6.07, 6.45) is 2.24. The second-order valence-electron chi connectivity index (χ2n) is 5.12. The first-order valence-corrected chi connectivity index (χ1v) is 6.41. The van der Waals surface area contributed by atoms with Crippen LogP contribution in [0.2, 0.25) is 0 Å². The number of rotatable bonds is 3. The summed E-state index contributed by atoms with van der Waals surface area (Å²) in [7, 11) is 1.85. The van der Waals surface area contributed by atoms with Crippen molar-refractivity contribution < 1.29 is 14.6 Å². The van der Waals surface area contributed by atoms with E-state index in [0.717, 1.165) is 32.6 Å². The molecule has 0 aromatic carbocycles. The minimum absolute atomic E-state index is 0.105. The van der Waals surface area contributed by atoms with Crippen LogP contribution in [0.5, 0.6) is 0 Å². The van der Waals surface area contributed by atoms with Gasteiger partial charge in [0.15, 0.2) is 0 Å². The van der Waals surface area contributed by atoms with E-state index < -0.39 is 0 Å². The number of β-amino-alcohol motifs (C(OH)–C–C–N with tert-alkyl or cyclic N) is 1. The highest BCUT2D eigenvalue weighted by Gasteiger charge is 2.30. The molecule has 98 valence electrons. The van der Waals surface area contributed by atoms with E-state index in [4.69, 9.17) is 4.74 Å². The Morgan fingerprint density at radius 2 is 2.18 bits per heavy atom. The van der Waals surface area contributed by atoms with E-state index in [1.54, 1.807) is 4.90 Å². The number of ether oxygens (including phenoxy) is 1. The third kappa shape index (κ3) is 3.40. The van der Waals surface area contributed by atoms with Crippen LogP contribution < -0.4 is 5.32 Å². The second kappa shape index (κ2) is 5.80. The van der Waals surface area contributed by atoms with Gasteiger partial charge in [-0.2, -0.15) is 0 Å². The summed E-state index contributed by atoms with van der Waals surface area (Å²) in [6.45, 7) is 2.96. The Hall–Kier alpha value is -0.650. The van der Waals surface area contributed by atoms with Crippen molar-refractivity contribution in [3.05, 3.63) is 0 Å². The Labute approximate surface area is 102 Å². The monoisotopic (exact) mass is 242 g/mol. The van der Waals surface area contributed by atoms with Crippen molar-refractivity contribution in [1.82, 2.24) is 10.2 Å². The molecule has 0 aliphatic carbocycles. The molecule has 17 heavy (non-hydrogen) atoms. The maximum absolute atomic E-state index is 12.1.